The summed E-state index contributed by atoms with van der Waals surface area (Å²) < 4.78 is 15.6. The van der Waals surface area contributed by atoms with E-state index in [1.54, 1.807) is 21.3 Å². The van der Waals surface area contributed by atoms with Gasteiger partial charge in [-0.1, -0.05) is 38.1 Å². The lowest BCUT2D eigenvalue weighted by molar-refractivity contribution is 0.394. The molecule has 3 nitrogen and oxygen atoms in total. The molecule has 0 heterocycles. The fourth-order valence-electron chi connectivity index (χ4n) is 1.83. The molecule has 2 aromatic rings. The molecule has 22 heavy (non-hydrogen) atoms. The van der Waals surface area contributed by atoms with Crippen LogP contribution in [-0.4, -0.2) is 21.3 Å². The highest BCUT2D eigenvalue weighted by Crippen LogP contribution is 2.24. The quantitative estimate of drug-likeness (QED) is 0.734. The molecule has 0 bridgehead atoms. The summed E-state index contributed by atoms with van der Waals surface area (Å²) in [6, 6.07) is 13.7. The Kier molecular flexibility index (Phi) is 7.62. The second-order valence-electron chi connectivity index (χ2n) is 4.25. The van der Waals surface area contributed by atoms with Crippen LogP contribution in [0.15, 0.2) is 42.5 Å². The van der Waals surface area contributed by atoms with E-state index < -0.39 is 0 Å². The summed E-state index contributed by atoms with van der Waals surface area (Å²) in [5.41, 5.74) is 2.13. The molecule has 0 saturated heterocycles. The summed E-state index contributed by atoms with van der Waals surface area (Å²) >= 11 is 0. The Hall–Kier alpha value is -2.42. The van der Waals surface area contributed by atoms with Crippen molar-refractivity contribution in [3.8, 4) is 17.2 Å². The van der Waals surface area contributed by atoms with Crippen LogP contribution in [0.3, 0.4) is 0 Å². The van der Waals surface area contributed by atoms with Crippen molar-refractivity contribution in [2.24, 2.45) is 0 Å². The van der Waals surface area contributed by atoms with Crippen molar-refractivity contribution in [1.82, 2.24) is 0 Å². The van der Waals surface area contributed by atoms with Crippen LogP contribution in [-0.2, 0) is 0 Å². The lowest BCUT2D eigenvalue weighted by Gasteiger charge is -2.05. The molecule has 0 aromatic heterocycles. The van der Waals surface area contributed by atoms with Crippen LogP contribution >= 0.6 is 0 Å². The second-order valence-corrected chi connectivity index (χ2v) is 4.25. The topological polar surface area (TPSA) is 27.7 Å². The maximum atomic E-state index is 5.25. The third kappa shape index (κ3) is 5.17. The SMILES string of the molecule is CC.COc1ccc(/C=C/c2cc(OC)cc(OC)c2)cc1. The summed E-state index contributed by atoms with van der Waals surface area (Å²) in [4.78, 5) is 0. The molecule has 2 rings (SSSR count). The normalized spacial score (nSPS) is 9.86. The first-order chi connectivity index (χ1) is 10.7. The van der Waals surface area contributed by atoms with Gasteiger partial charge in [-0.3, -0.25) is 0 Å². The maximum Gasteiger partial charge on any atom is 0.123 e. The van der Waals surface area contributed by atoms with Gasteiger partial charge < -0.3 is 14.2 Å². The molecule has 3 heteroatoms. The zero-order valence-electron chi connectivity index (χ0n) is 13.9. The van der Waals surface area contributed by atoms with E-state index in [4.69, 9.17) is 14.2 Å². The van der Waals surface area contributed by atoms with Crippen LogP contribution in [0.5, 0.6) is 17.2 Å². The molecule has 0 radical (unpaired) electrons. The lowest BCUT2D eigenvalue weighted by Crippen LogP contribution is -1.88. The largest absolute Gasteiger partial charge is 0.497 e. The zero-order chi connectivity index (χ0) is 16.4. The van der Waals surface area contributed by atoms with Gasteiger partial charge in [-0.2, -0.15) is 0 Å². The van der Waals surface area contributed by atoms with E-state index in [-0.39, 0.29) is 0 Å². The van der Waals surface area contributed by atoms with Gasteiger partial charge in [-0.05, 0) is 35.4 Å². The van der Waals surface area contributed by atoms with Gasteiger partial charge in [0.1, 0.15) is 17.2 Å². The van der Waals surface area contributed by atoms with Gasteiger partial charge in [-0.15, -0.1) is 0 Å². The van der Waals surface area contributed by atoms with Gasteiger partial charge in [0.15, 0.2) is 0 Å². The molecule has 0 aliphatic carbocycles. The molecule has 118 valence electrons. The molecule has 0 spiro atoms. The highest BCUT2D eigenvalue weighted by molar-refractivity contribution is 5.71. The van der Waals surface area contributed by atoms with Crippen LogP contribution in [0.25, 0.3) is 12.2 Å². The van der Waals surface area contributed by atoms with Crippen LogP contribution in [0, 0.1) is 0 Å². The Morgan fingerprint density at radius 3 is 1.50 bits per heavy atom. The minimum atomic E-state index is 0.777. The van der Waals surface area contributed by atoms with Crippen molar-refractivity contribution >= 4 is 12.2 Å². The van der Waals surface area contributed by atoms with Gasteiger partial charge in [0.05, 0.1) is 21.3 Å². The van der Waals surface area contributed by atoms with Gasteiger partial charge in [0.2, 0.25) is 0 Å². The van der Waals surface area contributed by atoms with E-state index in [1.807, 2.05) is 68.5 Å². The van der Waals surface area contributed by atoms with Crippen LogP contribution in [0.2, 0.25) is 0 Å². The number of hydrogen-bond acceptors (Lipinski definition) is 3. The molecule has 0 fully saturated rings. The van der Waals surface area contributed by atoms with Gasteiger partial charge in [0, 0.05) is 6.07 Å². The first-order valence-electron chi connectivity index (χ1n) is 7.30. The fraction of sp³-hybridized carbons (Fsp3) is 0.263. The predicted molar refractivity (Wildman–Crippen MR) is 92.8 cm³/mol. The molecule has 0 saturated carbocycles. The minimum absolute atomic E-state index is 0.777. The Morgan fingerprint density at radius 1 is 0.591 bits per heavy atom. The Labute approximate surface area is 133 Å². The third-order valence-electron chi connectivity index (χ3n) is 2.96. The van der Waals surface area contributed by atoms with E-state index in [2.05, 4.69) is 0 Å². The maximum absolute atomic E-state index is 5.25. The number of benzene rings is 2. The second kappa shape index (κ2) is 9.50. The number of ether oxygens (including phenoxy) is 3. The third-order valence-corrected chi connectivity index (χ3v) is 2.96. The number of methoxy groups -OCH3 is 3. The van der Waals surface area contributed by atoms with E-state index in [9.17, 15) is 0 Å². The average Bonchev–Trinajstić information content (AvgIpc) is 2.61. The van der Waals surface area contributed by atoms with Crippen molar-refractivity contribution in [2.75, 3.05) is 21.3 Å². The summed E-state index contributed by atoms with van der Waals surface area (Å²) in [5, 5.41) is 0. The van der Waals surface area contributed by atoms with E-state index in [1.165, 1.54) is 0 Å². The van der Waals surface area contributed by atoms with Crippen LogP contribution in [0.4, 0.5) is 0 Å². The number of rotatable bonds is 5. The molecule has 0 N–H and O–H groups in total. The average molecular weight is 300 g/mol. The molecule has 0 aliphatic rings. The van der Waals surface area contributed by atoms with Crippen molar-refractivity contribution in [3.63, 3.8) is 0 Å². The smallest absolute Gasteiger partial charge is 0.123 e. The molecule has 0 aliphatic heterocycles. The van der Waals surface area contributed by atoms with E-state index in [0.717, 1.165) is 28.4 Å². The molecular weight excluding hydrogens is 276 g/mol. The lowest BCUT2D eigenvalue weighted by atomic mass is 10.1. The Morgan fingerprint density at radius 2 is 1.05 bits per heavy atom. The first-order valence-corrected chi connectivity index (χ1v) is 7.30. The monoisotopic (exact) mass is 300 g/mol. The number of hydrogen-bond donors (Lipinski definition) is 0. The standard InChI is InChI=1S/C17H18O3.C2H6/c1-18-15-8-6-13(7-9-15)4-5-14-10-16(19-2)12-17(11-14)20-3;1-2/h4-12H,1-3H3;1-2H3/b5-4+;. The summed E-state index contributed by atoms with van der Waals surface area (Å²) in [7, 11) is 4.95. The van der Waals surface area contributed by atoms with E-state index in [0.29, 0.717) is 0 Å². The van der Waals surface area contributed by atoms with Crippen LogP contribution in [0.1, 0.15) is 25.0 Å². The van der Waals surface area contributed by atoms with Crippen molar-refractivity contribution < 1.29 is 14.2 Å². The summed E-state index contributed by atoms with van der Waals surface area (Å²) in [6.07, 6.45) is 4.06. The van der Waals surface area contributed by atoms with Gasteiger partial charge in [0.25, 0.3) is 0 Å². The molecule has 0 amide bonds. The molecule has 0 atom stereocenters. The summed E-state index contributed by atoms with van der Waals surface area (Å²) in [6.45, 7) is 4.00. The van der Waals surface area contributed by atoms with Crippen LogP contribution < -0.4 is 14.2 Å². The highest BCUT2D eigenvalue weighted by Gasteiger charge is 1.99. The van der Waals surface area contributed by atoms with E-state index >= 15 is 0 Å². The molecular formula is C19H24O3. The van der Waals surface area contributed by atoms with Crippen molar-refractivity contribution in [3.05, 3.63) is 53.6 Å². The first kappa shape index (κ1) is 17.6. The Bertz CT molecular complexity index is 564. The Balaban J connectivity index is 0.00000116. The van der Waals surface area contributed by atoms with Crippen molar-refractivity contribution in [1.29, 1.82) is 0 Å². The van der Waals surface area contributed by atoms with Gasteiger partial charge >= 0.3 is 0 Å². The molecule has 0 unspecified atom stereocenters. The minimum Gasteiger partial charge on any atom is -0.497 e. The highest BCUT2D eigenvalue weighted by atomic mass is 16.5. The van der Waals surface area contributed by atoms with Gasteiger partial charge in [-0.25, -0.2) is 0 Å². The zero-order valence-corrected chi connectivity index (χ0v) is 13.9. The predicted octanol–water partition coefficient (Wildman–Crippen LogP) is 4.91. The fourth-order valence-corrected chi connectivity index (χ4v) is 1.83. The molecule has 2 aromatic carbocycles. The van der Waals surface area contributed by atoms with Crippen molar-refractivity contribution in [2.45, 2.75) is 13.8 Å². The summed E-state index contributed by atoms with van der Waals surface area (Å²) in [5.74, 6) is 2.41.